The minimum absolute atomic E-state index is 0.232. The highest BCUT2D eigenvalue weighted by atomic mass is 16.5. The van der Waals surface area contributed by atoms with Crippen molar-refractivity contribution in [2.45, 2.75) is 32.2 Å². The molecule has 2 aromatic rings. The van der Waals surface area contributed by atoms with Crippen LogP contribution in [0, 0.1) is 0 Å². The fourth-order valence-electron chi connectivity index (χ4n) is 3.33. The van der Waals surface area contributed by atoms with E-state index < -0.39 is 0 Å². The summed E-state index contributed by atoms with van der Waals surface area (Å²) in [6.07, 6.45) is 3.48. The largest absolute Gasteiger partial charge is 0.496 e. The number of urea groups is 1. The minimum Gasteiger partial charge on any atom is -0.496 e. The monoisotopic (exact) mass is 381 g/mol. The third kappa shape index (κ3) is 5.49. The number of hydrogen-bond acceptors (Lipinski definition) is 3. The number of carbonyl (C=O) groups excluding carboxylic acids is 2. The van der Waals surface area contributed by atoms with E-state index in [0.29, 0.717) is 18.7 Å². The predicted molar refractivity (Wildman–Crippen MR) is 109 cm³/mol. The molecule has 28 heavy (non-hydrogen) atoms. The van der Waals surface area contributed by atoms with Gasteiger partial charge in [-0.1, -0.05) is 30.3 Å². The minimum atomic E-state index is -0.275. The number of anilines is 1. The Morgan fingerprint density at radius 3 is 2.46 bits per heavy atom. The second-order valence-corrected chi connectivity index (χ2v) is 6.90. The molecule has 148 valence electrons. The Bertz CT molecular complexity index is 799. The van der Waals surface area contributed by atoms with E-state index in [2.05, 4.69) is 10.6 Å². The third-order valence-corrected chi connectivity index (χ3v) is 4.93. The van der Waals surface area contributed by atoms with E-state index in [-0.39, 0.29) is 11.9 Å². The first-order chi connectivity index (χ1) is 13.7. The summed E-state index contributed by atoms with van der Waals surface area (Å²) in [5, 5.41) is 5.65. The lowest BCUT2D eigenvalue weighted by atomic mass is 10.1. The Kier molecular flexibility index (Phi) is 6.89. The van der Waals surface area contributed by atoms with Gasteiger partial charge in [-0.15, -0.1) is 0 Å². The molecule has 2 aromatic carbocycles. The molecule has 1 heterocycles. The lowest BCUT2D eigenvalue weighted by molar-refractivity contribution is -0.130. The number of methoxy groups -OCH3 is 1. The highest BCUT2D eigenvalue weighted by Gasteiger charge is 2.17. The molecule has 3 rings (SSSR count). The fourth-order valence-corrected chi connectivity index (χ4v) is 3.33. The quantitative estimate of drug-likeness (QED) is 0.770. The summed E-state index contributed by atoms with van der Waals surface area (Å²) in [5.41, 5.74) is 2.72. The highest BCUT2D eigenvalue weighted by Crippen LogP contribution is 2.17. The smallest absolute Gasteiger partial charge is 0.319 e. The summed E-state index contributed by atoms with van der Waals surface area (Å²) in [6.45, 7) is 2.17. The van der Waals surface area contributed by atoms with Gasteiger partial charge in [-0.3, -0.25) is 4.79 Å². The number of para-hydroxylation sites is 1. The normalized spacial score (nSPS) is 13.2. The summed E-state index contributed by atoms with van der Waals surface area (Å²) >= 11 is 0. The first-order valence-corrected chi connectivity index (χ1v) is 9.69. The Hall–Kier alpha value is -3.02. The molecule has 6 nitrogen and oxygen atoms in total. The SMILES string of the molecule is COc1ccccc1CNC(=O)Nc1ccc(CCC(=O)N2CCCC2)cc1. The van der Waals surface area contributed by atoms with Crippen LogP contribution in [0.2, 0.25) is 0 Å². The van der Waals surface area contributed by atoms with Crippen molar-refractivity contribution in [2.75, 3.05) is 25.5 Å². The van der Waals surface area contributed by atoms with Crippen molar-refractivity contribution in [3.8, 4) is 5.75 Å². The van der Waals surface area contributed by atoms with E-state index in [1.165, 1.54) is 0 Å². The molecule has 0 radical (unpaired) electrons. The molecule has 0 unspecified atom stereocenters. The Labute approximate surface area is 165 Å². The molecule has 1 aliphatic rings. The van der Waals surface area contributed by atoms with Crippen molar-refractivity contribution in [2.24, 2.45) is 0 Å². The van der Waals surface area contributed by atoms with Crippen LogP contribution in [0.5, 0.6) is 5.75 Å². The van der Waals surface area contributed by atoms with Gasteiger partial charge in [0.15, 0.2) is 0 Å². The van der Waals surface area contributed by atoms with E-state index >= 15 is 0 Å². The van der Waals surface area contributed by atoms with Gasteiger partial charge in [0.2, 0.25) is 5.91 Å². The summed E-state index contributed by atoms with van der Waals surface area (Å²) in [6, 6.07) is 14.9. The Morgan fingerprint density at radius 1 is 1.04 bits per heavy atom. The van der Waals surface area contributed by atoms with Gasteiger partial charge in [0.05, 0.1) is 7.11 Å². The lowest BCUT2D eigenvalue weighted by Gasteiger charge is -2.15. The zero-order chi connectivity index (χ0) is 19.8. The van der Waals surface area contributed by atoms with Crippen molar-refractivity contribution >= 4 is 17.6 Å². The van der Waals surface area contributed by atoms with Gasteiger partial charge < -0.3 is 20.3 Å². The maximum Gasteiger partial charge on any atom is 0.319 e. The molecule has 0 aromatic heterocycles. The number of benzene rings is 2. The molecule has 2 N–H and O–H groups in total. The van der Waals surface area contributed by atoms with Crippen LogP contribution in [0.3, 0.4) is 0 Å². The second-order valence-electron chi connectivity index (χ2n) is 6.90. The van der Waals surface area contributed by atoms with Crippen LogP contribution in [-0.2, 0) is 17.8 Å². The number of likely N-dealkylation sites (tertiary alicyclic amines) is 1. The molecule has 0 aliphatic carbocycles. The summed E-state index contributed by atoms with van der Waals surface area (Å²) < 4.78 is 5.28. The lowest BCUT2D eigenvalue weighted by Crippen LogP contribution is -2.28. The Morgan fingerprint density at radius 2 is 1.75 bits per heavy atom. The van der Waals surface area contributed by atoms with Crippen molar-refractivity contribution < 1.29 is 14.3 Å². The van der Waals surface area contributed by atoms with Crippen molar-refractivity contribution in [1.82, 2.24) is 10.2 Å². The van der Waals surface area contributed by atoms with Crippen LogP contribution in [0.15, 0.2) is 48.5 Å². The molecule has 0 atom stereocenters. The van der Waals surface area contributed by atoms with Gasteiger partial charge in [-0.25, -0.2) is 4.79 Å². The van der Waals surface area contributed by atoms with Crippen molar-refractivity contribution in [3.05, 3.63) is 59.7 Å². The molecule has 6 heteroatoms. The molecule has 0 bridgehead atoms. The molecule has 3 amide bonds. The molecular weight excluding hydrogens is 354 g/mol. The molecule has 1 saturated heterocycles. The maximum atomic E-state index is 12.1. The van der Waals surface area contributed by atoms with Gasteiger partial charge in [0, 0.05) is 37.3 Å². The number of rotatable bonds is 7. The number of ether oxygens (including phenoxy) is 1. The number of hydrogen-bond donors (Lipinski definition) is 2. The van der Waals surface area contributed by atoms with Gasteiger partial charge in [0.25, 0.3) is 0 Å². The van der Waals surface area contributed by atoms with Gasteiger partial charge in [-0.05, 0) is 43.0 Å². The zero-order valence-corrected chi connectivity index (χ0v) is 16.2. The van der Waals surface area contributed by atoms with Crippen LogP contribution in [-0.4, -0.2) is 37.0 Å². The van der Waals surface area contributed by atoms with Crippen LogP contribution in [0.1, 0.15) is 30.4 Å². The number of amides is 3. The first kappa shape index (κ1) is 19.7. The highest BCUT2D eigenvalue weighted by molar-refractivity contribution is 5.89. The zero-order valence-electron chi connectivity index (χ0n) is 16.2. The predicted octanol–water partition coefficient (Wildman–Crippen LogP) is 3.57. The van der Waals surface area contributed by atoms with Crippen LogP contribution in [0.4, 0.5) is 10.5 Å². The summed E-state index contributed by atoms with van der Waals surface area (Å²) in [4.78, 5) is 26.2. The number of nitrogens with one attached hydrogen (secondary N) is 2. The van der Waals surface area contributed by atoms with Gasteiger partial charge in [-0.2, -0.15) is 0 Å². The van der Waals surface area contributed by atoms with E-state index in [0.717, 1.165) is 49.2 Å². The van der Waals surface area contributed by atoms with E-state index in [4.69, 9.17) is 4.74 Å². The van der Waals surface area contributed by atoms with E-state index in [1.54, 1.807) is 7.11 Å². The molecule has 1 aliphatic heterocycles. The second kappa shape index (κ2) is 9.78. The van der Waals surface area contributed by atoms with E-state index in [9.17, 15) is 9.59 Å². The van der Waals surface area contributed by atoms with Crippen molar-refractivity contribution in [1.29, 1.82) is 0 Å². The topological polar surface area (TPSA) is 70.7 Å². The van der Waals surface area contributed by atoms with Crippen molar-refractivity contribution in [3.63, 3.8) is 0 Å². The molecular formula is C22H27N3O3. The number of carbonyl (C=O) groups is 2. The summed E-state index contributed by atoms with van der Waals surface area (Å²) in [7, 11) is 1.61. The maximum absolute atomic E-state index is 12.1. The Balaban J connectivity index is 1.44. The number of aryl methyl sites for hydroxylation is 1. The summed E-state index contributed by atoms with van der Waals surface area (Å²) in [5.74, 6) is 0.978. The average molecular weight is 381 g/mol. The van der Waals surface area contributed by atoms with Crippen LogP contribution < -0.4 is 15.4 Å². The van der Waals surface area contributed by atoms with Gasteiger partial charge >= 0.3 is 6.03 Å². The molecule has 0 spiro atoms. The standard InChI is InChI=1S/C22H27N3O3/c1-28-20-7-3-2-6-18(20)16-23-22(27)24-19-11-8-17(9-12-19)10-13-21(26)25-14-4-5-15-25/h2-3,6-9,11-12H,4-5,10,13-16H2,1H3,(H2,23,24,27). The fraction of sp³-hybridized carbons (Fsp3) is 0.364. The molecule has 1 fully saturated rings. The number of nitrogens with zero attached hydrogens (tertiary/aromatic N) is 1. The molecule has 0 saturated carbocycles. The van der Waals surface area contributed by atoms with Crippen LogP contribution in [0.25, 0.3) is 0 Å². The first-order valence-electron chi connectivity index (χ1n) is 9.69. The third-order valence-electron chi connectivity index (χ3n) is 4.93. The average Bonchev–Trinajstić information content (AvgIpc) is 3.27. The van der Waals surface area contributed by atoms with Gasteiger partial charge in [0.1, 0.15) is 5.75 Å². The van der Waals surface area contributed by atoms with Crippen LogP contribution >= 0.6 is 0 Å². The van der Waals surface area contributed by atoms with E-state index in [1.807, 2.05) is 53.4 Å².